The third-order valence-corrected chi connectivity index (χ3v) is 8.73. The molecule has 1 atom stereocenters. The molecule has 6 rings (SSSR count). The lowest BCUT2D eigenvalue weighted by Gasteiger charge is -2.27. The number of hydrogen-bond acceptors (Lipinski definition) is 7. The number of aromatic nitrogens is 1. The van der Waals surface area contributed by atoms with Crippen molar-refractivity contribution in [1.29, 1.82) is 0 Å². The van der Waals surface area contributed by atoms with Crippen molar-refractivity contribution in [2.24, 2.45) is 4.99 Å². The molecule has 43 heavy (non-hydrogen) atoms. The average molecular weight is 614 g/mol. The average Bonchev–Trinajstić information content (AvgIpc) is 3.48. The van der Waals surface area contributed by atoms with Gasteiger partial charge in [-0.25, -0.2) is 9.79 Å². The molecule has 0 bridgehead atoms. The van der Waals surface area contributed by atoms with Gasteiger partial charge in [-0.3, -0.25) is 14.2 Å². The van der Waals surface area contributed by atoms with E-state index in [1.165, 1.54) is 11.7 Å². The van der Waals surface area contributed by atoms with E-state index in [1.807, 2.05) is 68.4 Å². The Morgan fingerprint density at radius 3 is 2.47 bits per heavy atom. The van der Waals surface area contributed by atoms with E-state index in [1.54, 1.807) is 30.0 Å². The van der Waals surface area contributed by atoms with E-state index in [9.17, 15) is 14.4 Å². The van der Waals surface area contributed by atoms with E-state index in [4.69, 9.17) is 26.1 Å². The van der Waals surface area contributed by atoms with Crippen molar-refractivity contribution in [1.82, 2.24) is 4.57 Å². The molecule has 0 saturated heterocycles. The Morgan fingerprint density at radius 1 is 1.05 bits per heavy atom. The predicted octanol–water partition coefficient (Wildman–Crippen LogP) is 4.72. The third-order valence-electron chi connectivity index (χ3n) is 7.44. The molecule has 0 radical (unpaired) electrons. The number of anilines is 1. The number of hydrogen-bond donors (Lipinski definition) is 0. The highest BCUT2D eigenvalue weighted by Gasteiger charge is 2.39. The van der Waals surface area contributed by atoms with Gasteiger partial charge < -0.3 is 14.4 Å². The minimum Gasteiger partial charge on any atom is -0.496 e. The maximum Gasteiger partial charge on any atom is 0.338 e. The second kappa shape index (κ2) is 11.3. The molecular formula is C33H28ClN3O5S. The van der Waals surface area contributed by atoms with Crippen LogP contribution in [0.1, 0.15) is 43.5 Å². The summed E-state index contributed by atoms with van der Waals surface area (Å²) < 4.78 is 12.9. The van der Waals surface area contributed by atoms with E-state index in [0.29, 0.717) is 43.5 Å². The Labute approximate surface area is 256 Å². The number of esters is 1. The number of rotatable bonds is 6. The molecule has 0 fully saturated rings. The fraction of sp³-hybridized carbons (Fsp3) is 0.212. The molecule has 0 spiro atoms. The molecule has 2 aliphatic heterocycles. The predicted molar refractivity (Wildman–Crippen MR) is 167 cm³/mol. The van der Waals surface area contributed by atoms with Gasteiger partial charge >= 0.3 is 5.97 Å². The quantitative estimate of drug-likeness (QED) is 0.294. The maximum absolute atomic E-state index is 14.5. The standard InChI is InChI=1S/C33H28ClN3O5S/c1-5-42-32(40)26-27(19-11-7-6-8-12-19)35-33-37(28(26)22-17-20(34)15-16-24(22)41-4)31(39)29(43-33)25-21-13-9-10-14-23(21)36(18(2)3)30(25)38/h6-18,28H,5H2,1-4H3/b29-25-/t28-/m0/s1. The Hall–Kier alpha value is -4.47. The van der Waals surface area contributed by atoms with Crippen molar-refractivity contribution in [3.8, 4) is 5.75 Å². The monoisotopic (exact) mass is 613 g/mol. The van der Waals surface area contributed by atoms with Crippen LogP contribution in [0.2, 0.25) is 5.02 Å². The summed E-state index contributed by atoms with van der Waals surface area (Å²) in [5, 5.41) is 0.398. The molecule has 218 valence electrons. The molecule has 3 heterocycles. The first-order valence-electron chi connectivity index (χ1n) is 13.8. The van der Waals surface area contributed by atoms with Crippen LogP contribution in [-0.2, 0) is 14.3 Å². The van der Waals surface area contributed by atoms with E-state index in [2.05, 4.69) is 0 Å². The number of carbonyl (C=O) groups is 2. The molecular weight excluding hydrogens is 586 g/mol. The van der Waals surface area contributed by atoms with Gasteiger partial charge in [-0.1, -0.05) is 71.5 Å². The molecule has 1 aromatic heterocycles. The van der Waals surface area contributed by atoms with Gasteiger partial charge in [0.25, 0.3) is 11.5 Å². The zero-order valence-electron chi connectivity index (χ0n) is 24.0. The number of carbonyl (C=O) groups excluding carboxylic acids is 2. The Kier molecular flexibility index (Phi) is 7.54. The minimum absolute atomic E-state index is 0.120. The summed E-state index contributed by atoms with van der Waals surface area (Å²) in [6.45, 7) is 5.70. The molecule has 4 aromatic rings. The first-order valence-corrected chi connectivity index (χ1v) is 15.0. The van der Waals surface area contributed by atoms with Crippen LogP contribution in [0.5, 0.6) is 5.75 Å². The highest BCUT2D eigenvalue weighted by molar-refractivity contribution is 7.07. The smallest absolute Gasteiger partial charge is 0.338 e. The first kappa shape index (κ1) is 28.6. The largest absolute Gasteiger partial charge is 0.496 e. The van der Waals surface area contributed by atoms with Gasteiger partial charge in [0, 0.05) is 27.8 Å². The molecule has 0 aliphatic carbocycles. The van der Waals surface area contributed by atoms with Gasteiger partial charge in [-0.2, -0.15) is 0 Å². The van der Waals surface area contributed by atoms with Crippen LogP contribution in [-0.4, -0.2) is 36.2 Å². The summed E-state index contributed by atoms with van der Waals surface area (Å²) in [5.74, 6) is -0.452. The number of nitrogens with zero attached hydrogens (tertiary/aromatic N) is 3. The van der Waals surface area contributed by atoms with Crippen molar-refractivity contribution in [3.05, 3.63) is 120 Å². The second-order valence-corrected chi connectivity index (χ2v) is 11.7. The van der Waals surface area contributed by atoms with Crippen LogP contribution in [0.25, 0.3) is 11.3 Å². The van der Waals surface area contributed by atoms with Crippen molar-refractivity contribution in [3.63, 3.8) is 0 Å². The fourth-order valence-electron chi connectivity index (χ4n) is 5.68. The Balaban J connectivity index is 1.75. The van der Waals surface area contributed by atoms with Crippen LogP contribution in [0.15, 0.2) is 88.2 Å². The molecule has 8 nitrogen and oxygen atoms in total. The molecule has 0 unspecified atom stereocenters. The van der Waals surface area contributed by atoms with Crippen molar-refractivity contribution in [2.75, 3.05) is 18.6 Å². The first-order chi connectivity index (χ1) is 20.8. The number of thiazole rings is 1. The van der Waals surface area contributed by atoms with E-state index in [-0.39, 0.29) is 28.7 Å². The number of benzene rings is 3. The lowest BCUT2D eigenvalue weighted by atomic mass is 9.92. The number of fused-ring (bicyclic) bond motifs is 2. The number of methoxy groups -OCH3 is 1. The van der Waals surface area contributed by atoms with E-state index >= 15 is 0 Å². The number of para-hydroxylation sites is 1. The lowest BCUT2D eigenvalue weighted by Crippen LogP contribution is -2.41. The van der Waals surface area contributed by atoms with Gasteiger partial charge in [-0.15, -0.1) is 0 Å². The summed E-state index contributed by atoms with van der Waals surface area (Å²) in [6, 6.07) is 20.6. The van der Waals surface area contributed by atoms with Crippen LogP contribution in [0, 0.1) is 0 Å². The number of ether oxygens (including phenoxy) is 2. The van der Waals surface area contributed by atoms with Gasteiger partial charge in [-0.05, 0) is 45.0 Å². The highest BCUT2D eigenvalue weighted by atomic mass is 35.5. The molecule has 0 N–H and O–H groups in total. The van der Waals surface area contributed by atoms with Gasteiger partial charge in [0.05, 0.1) is 36.2 Å². The van der Waals surface area contributed by atoms with Crippen molar-refractivity contribution < 1.29 is 19.1 Å². The van der Waals surface area contributed by atoms with Crippen LogP contribution in [0.4, 0.5) is 5.69 Å². The van der Waals surface area contributed by atoms with Gasteiger partial charge in [0.2, 0.25) is 0 Å². The molecule has 2 aliphatic rings. The number of halogens is 1. The molecule has 0 saturated carbocycles. The van der Waals surface area contributed by atoms with Crippen LogP contribution in [0.3, 0.4) is 0 Å². The number of amides is 1. The summed E-state index contributed by atoms with van der Waals surface area (Å²) in [5.41, 5.74) is 2.97. The van der Waals surface area contributed by atoms with Crippen LogP contribution < -0.4 is 24.5 Å². The summed E-state index contributed by atoms with van der Waals surface area (Å²) in [4.78, 5) is 49.1. The zero-order valence-corrected chi connectivity index (χ0v) is 25.5. The summed E-state index contributed by atoms with van der Waals surface area (Å²) in [6.07, 6.45) is 0. The van der Waals surface area contributed by atoms with Gasteiger partial charge in [0.1, 0.15) is 16.3 Å². The topological polar surface area (TPSA) is 90.2 Å². The van der Waals surface area contributed by atoms with Crippen molar-refractivity contribution >= 4 is 51.8 Å². The fourth-order valence-corrected chi connectivity index (χ4v) is 6.95. The molecule has 3 aromatic carbocycles. The zero-order chi connectivity index (χ0) is 30.4. The highest BCUT2D eigenvalue weighted by Crippen LogP contribution is 2.40. The van der Waals surface area contributed by atoms with E-state index in [0.717, 1.165) is 17.0 Å². The third kappa shape index (κ3) is 4.69. The summed E-state index contributed by atoms with van der Waals surface area (Å²) in [7, 11) is 1.51. The Morgan fingerprint density at radius 2 is 1.77 bits per heavy atom. The van der Waals surface area contributed by atoms with Crippen molar-refractivity contribution in [2.45, 2.75) is 32.9 Å². The Bertz CT molecular complexity index is 1990. The maximum atomic E-state index is 14.5. The van der Waals surface area contributed by atoms with E-state index < -0.39 is 17.6 Å². The molecule has 10 heteroatoms. The normalized spacial score (nSPS) is 17.1. The SMILES string of the molecule is CCOC(=O)C1=C(c2ccccc2)N=c2s/c(=C3\C(=O)N(C(C)C)c4ccccc43)c(=O)n2[C@H]1c1cc(Cl)ccc1OC. The minimum atomic E-state index is -0.999. The second-order valence-electron chi connectivity index (χ2n) is 10.3. The molecule has 1 amide bonds. The summed E-state index contributed by atoms with van der Waals surface area (Å²) >= 11 is 7.60. The van der Waals surface area contributed by atoms with Crippen LogP contribution >= 0.6 is 22.9 Å². The lowest BCUT2D eigenvalue weighted by molar-refractivity contribution is -0.138. The van der Waals surface area contributed by atoms with Gasteiger partial charge in [0.15, 0.2) is 4.80 Å².